The molecule has 0 saturated heterocycles. The van der Waals surface area contributed by atoms with Gasteiger partial charge in [-0.1, -0.05) is 6.07 Å². The predicted octanol–water partition coefficient (Wildman–Crippen LogP) is 3.11. The Labute approximate surface area is 97.8 Å². The van der Waals surface area contributed by atoms with E-state index in [9.17, 15) is 4.79 Å². The van der Waals surface area contributed by atoms with E-state index in [2.05, 4.69) is 15.9 Å². The van der Waals surface area contributed by atoms with Crippen LogP contribution in [0.25, 0.3) is 0 Å². The van der Waals surface area contributed by atoms with E-state index in [-0.39, 0.29) is 5.97 Å². The number of methoxy groups -OCH3 is 1. The van der Waals surface area contributed by atoms with Gasteiger partial charge in [0.2, 0.25) is 0 Å². The van der Waals surface area contributed by atoms with Crippen LogP contribution in [0.3, 0.4) is 0 Å². The monoisotopic (exact) mass is 268 g/mol. The summed E-state index contributed by atoms with van der Waals surface area (Å²) in [6.07, 6.45) is 4.63. The first-order valence-electron chi connectivity index (χ1n) is 5.12. The number of benzene rings is 1. The minimum absolute atomic E-state index is 0.268. The molecule has 0 amide bonds. The Bertz CT molecular complexity index is 399. The molecule has 0 saturated carbocycles. The lowest BCUT2D eigenvalue weighted by molar-refractivity contribution is 0.0599. The number of carbonyl (C=O) groups excluding carboxylic acids is 1. The highest BCUT2D eigenvalue weighted by Crippen LogP contribution is 2.31. The van der Waals surface area contributed by atoms with Crippen molar-refractivity contribution in [3.05, 3.63) is 33.3 Å². The topological polar surface area (TPSA) is 26.3 Å². The Morgan fingerprint density at radius 2 is 2.07 bits per heavy atom. The SMILES string of the molecule is COC(=O)c1ccc2c(c1Br)CCCC2. The lowest BCUT2D eigenvalue weighted by Crippen LogP contribution is -2.09. The summed E-state index contributed by atoms with van der Waals surface area (Å²) in [5, 5.41) is 0. The molecule has 0 unspecified atom stereocenters. The van der Waals surface area contributed by atoms with E-state index in [1.165, 1.54) is 31.1 Å². The maximum absolute atomic E-state index is 11.5. The molecule has 2 nitrogen and oxygen atoms in total. The third kappa shape index (κ3) is 1.93. The first kappa shape index (κ1) is 10.7. The van der Waals surface area contributed by atoms with E-state index in [0.717, 1.165) is 17.3 Å². The van der Waals surface area contributed by atoms with Crippen LogP contribution in [-0.2, 0) is 17.6 Å². The quantitative estimate of drug-likeness (QED) is 0.732. The number of rotatable bonds is 1. The normalized spacial score (nSPS) is 14.5. The first-order chi connectivity index (χ1) is 7.24. The number of carbonyl (C=O) groups is 1. The van der Waals surface area contributed by atoms with E-state index >= 15 is 0 Å². The average molecular weight is 269 g/mol. The summed E-state index contributed by atoms with van der Waals surface area (Å²) in [4.78, 5) is 11.5. The molecule has 0 atom stereocenters. The van der Waals surface area contributed by atoms with Crippen LogP contribution in [0, 0.1) is 0 Å². The zero-order chi connectivity index (χ0) is 10.8. The van der Waals surface area contributed by atoms with Gasteiger partial charge in [0.15, 0.2) is 0 Å². The second kappa shape index (κ2) is 4.35. The second-order valence-electron chi connectivity index (χ2n) is 3.76. The summed E-state index contributed by atoms with van der Waals surface area (Å²) in [6, 6.07) is 3.89. The van der Waals surface area contributed by atoms with Gasteiger partial charge in [0.05, 0.1) is 12.7 Å². The number of ether oxygens (including phenoxy) is 1. The van der Waals surface area contributed by atoms with Crippen molar-refractivity contribution in [3.63, 3.8) is 0 Å². The van der Waals surface area contributed by atoms with Crippen molar-refractivity contribution in [2.45, 2.75) is 25.7 Å². The standard InChI is InChI=1S/C12H13BrO2/c1-15-12(14)10-7-6-8-4-2-3-5-9(8)11(10)13/h6-7H,2-5H2,1H3. The Morgan fingerprint density at radius 1 is 1.33 bits per heavy atom. The third-order valence-corrected chi connectivity index (χ3v) is 3.77. The third-order valence-electron chi connectivity index (χ3n) is 2.87. The molecule has 15 heavy (non-hydrogen) atoms. The van der Waals surface area contributed by atoms with Crippen molar-refractivity contribution in [3.8, 4) is 0 Å². The fraction of sp³-hybridized carbons (Fsp3) is 0.417. The van der Waals surface area contributed by atoms with E-state index in [4.69, 9.17) is 4.74 Å². The van der Waals surface area contributed by atoms with Gasteiger partial charge in [0.1, 0.15) is 0 Å². The highest BCUT2D eigenvalue weighted by atomic mass is 79.9. The van der Waals surface area contributed by atoms with Gasteiger partial charge in [-0.15, -0.1) is 0 Å². The van der Waals surface area contributed by atoms with Crippen LogP contribution >= 0.6 is 15.9 Å². The lowest BCUT2D eigenvalue weighted by atomic mass is 9.90. The Kier molecular flexibility index (Phi) is 3.10. The highest BCUT2D eigenvalue weighted by Gasteiger charge is 2.18. The molecule has 0 N–H and O–H groups in total. The van der Waals surface area contributed by atoms with Gasteiger partial charge >= 0.3 is 5.97 Å². The fourth-order valence-corrected chi connectivity index (χ4v) is 2.80. The van der Waals surface area contributed by atoms with E-state index in [0.29, 0.717) is 5.56 Å². The van der Waals surface area contributed by atoms with Crippen LogP contribution in [0.4, 0.5) is 0 Å². The predicted molar refractivity (Wildman–Crippen MR) is 62.1 cm³/mol. The number of hydrogen-bond acceptors (Lipinski definition) is 2. The molecule has 80 valence electrons. The Morgan fingerprint density at radius 3 is 2.80 bits per heavy atom. The fourth-order valence-electron chi connectivity index (χ4n) is 2.05. The van der Waals surface area contributed by atoms with Crippen molar-refractivity contribution < 1.29 is 9.53 Å². The molecule has 1 aromatic carbocycles. The Balaban J connectivity index is 2.47. The zero-order valence-electron chi connectivity index (χ0n) is 8.68. The number of hydrogen-bond donors (Lipinski definition) is 0. The molecule has 1 aliphatic carbocycles. The van der Waals surface area contributed by atoms with Crippen molar-refractivity contribution in [1.82, 2.24) is 0 Å². The second-order valence-corrected chi connectivity index (χ2v) is 4.56. The molecule has 0 heterocycles. The molecule has 0 bridgehead atoms. The molecule has 2 rings (SSSR count). The minimum Gasteiger partial charge on any atom is -0.465 e. The summed E-state index contributed by atoms with van der Waals surface area (Å²) in [5.41, 5.74) is 3.28. The molecule has 0 radical (unpaired) electrons. The smallest absolute Gasteiger partial charge is 0.339 e. The van der Waals surface area contributed by atoms with Gasteiger partial charge in [-0.3, -0.25) is 0 Å². The summed E-state index contributed by atoms with van der Waals surface area (Å²) < 4.78 is 5.66. The molecule has 1 aliphatic rings. The van der Waals surface area contributed by atoms with Crippen molar-refractivity contribution in [2.75, 3.05) is 7.11 Å². The van der Waals surface area contributed by atoms with Gasteiger partial charge in [-0.2, -0.15) is 0 Å². The molecular weight excluding hydrogens is 256 g/mol. The minimum atomic E-state index is -0.268. The zero-order valence-corrected chi connectivity index (χ0v) is 10.3. The number of esters is 1. The van der Waals surface area contributed by atoms with Crippen LogP contribution in [0.2, 0.25) is 0 Å². The van der Waals surface area contributed by atoms with E-state index in [1.54, 1.807) is 0 Å². The van der Waals surface area contributed by atoms with Crippen LogP contribution in [0.5, 0.6) is 0 Å². The number of fused-ring (bicyclic) bond motifs is 1. The van der Waals surface area contributed by atoms with Crippen LogP contribution < -0.4 is 0 Å². The van der Waals surface area contributed by atoms with Crippen LogP contribution in [0.15, 0.2) is 16.6 Å². The largest absolute Gasteiger partial charge is 0.465 e. The van der Waals surface area contributed by atoms with E-state index < -0.39 is 0 Å². The van der Waals surface area contributed by atoms with Gasteiger partial charge in [-0.25, -0.2) is 4.79 Å². The number of aryl methyl sites for hydroxylation is 1. The molecule has 1 aromatic rings. The summed E-state index contributed by atoms with van der Waals surface area (Å²) in [5.74, 6) is -0.268. The molecule has 0 aliphatic heterocycles. The van der Waals surface area contributed by atoms with Crippen molar-refractivity contribution in [1.29, 1.82) is 0 Å². The molecule has 0 fully saturated rings. The van der Waals surface area contributed by atoms with Crippen LogP contribution in [-0.4, -0.2) is 13.1 Å². The highest BCUT2D eigenvalue weighted by molar-refractivity contribution is 9.10. The summed E-state index contributed by atoms with van der Waals surface area (Å²) in [6.45, 7) is 0. The lowest BCUT2D eigenvalue weighted by Gasteiger charge is -2.18. The van der Waals surface area contributed by atoms with Crippen LogP contribution in [0.1, 0.15) is 34.3 Å². The van der Waals surface area contributed by atoms with Crippen molar-refractivity contribution in [2.24, 2.45) is 0 Å². The van der Waals surface area contributed by atoms with Gasteiger partial charge < -0.3 is 4.74 Å². The molecule has 0 spiro atoms. The molecule has 0 aromatic heterocycles. The first-order valence-corrected chi connectivity index (χ1v) is 5.92. The molecule has 3 heteroatoms. The Hall–Kier alpha value is -0.830. The summed E-state index contributed by atoms with van der Waals surface area (Å²) in [7, 11) is 1.41. The van der Waals surface area contributed by atoms with Gasteiger partial charge in [0.25, 0.3) is 0 Å². The van der Waals surface area contributed by atoms with Gasteiger partial charge in [-0.05, 0) is 58.8 Å². The average Bonchev–Trinajstić information content (AvgIpc) is 2.29. The molecular formula is C12H13BrO2. The summed E-state index contributed by atoms with van der Waals surface area (Å²) >= 11 is 3.51. The maximum atomic E-state index is 11.5. The van der Waals surface area contributed by atoms with Crippen molar-refractivity contribution >= 4 is 21.9 Å². The number of halogens is 1. The van der Waals surface area contributed by atoms with E-state index in [1.807, 2.05) is 12.1 Å². The maximum Gasteiger partial charge on any atom is 0.339 e. The van der Waals surface area contributed by atoms with Gasteiger partial charge in [0, 0.05) is 4.47 Å².